The topological polar surface area (TPSA) is 82.3 Å². The van der Waals surface area contributed by atoms with Gasteiger partial charge in [-0.2, -0.15) is 5.10 Å². The van der Waals surface area contributed by atoms with Gasteiger partial charge in [-0.15, -0.1) is 11.3 Å². The van der Waals surface area contributed by atoms with Crippen LogP contribution in [0.5, 0.6) is 0 Å². The molecule has 1 aliphatic heterocycles. The first-order valence-electron chi connectivity index (χ1n) is 10.1. The Balaban J connectivity index is 1.49. The zero-order valence-electron chi connectivity index (χ0n) is 16.5. The monoisotopic (exact) mass is 412 g/mol. The van der Waals surface area contributed by atoms with Crippen LogP contribution < -0.4 is 5.32 Å². The lowest BCUT2D eigenvalue weighted by atomic mass is 10.0. The zero-order chi connectivity index (χ0) is 20.1. The van der Waals surface area contributed by atoms with Crippen LogP contribution in [0.15, 0.2) is 48.8 Å². The molecule has 0 amide bonds. The molecule has 30 heavy (non-hydrogen) atoms. The Morgan fingerprint density at radius 1 is 1.07 bits per heavy atom. The molecule has 0 spiro atoms. The van der Waals surface area contributed by atoms with Crippen LogP contribution in [0.2, 0.25) is 0 Å². The highest BCUT2D eigenvalue weighted by Gasteiger charge is 2.16. The van der Waals surface area contributed by atoms with Crippen LogP contribution >= 0.6 is 11.3 Å². The number of hydrogen-bond donors (Lipinski definition) is 3. The van der Waals surface area contributed by atoms with Crippen molar-refractivity contribution in [1.82, 2.24) is 30.5 Å². The molecule has 7 heteroatoms. The normalized spacial score (nSPS) is 14.5. The molecular weight excluding hydrogens is 392 g/mol. The van der Waals surface area contributed by atoms with E-state index in [-0.39, 0.29) is 0 Å². The first kappa shape index (κ1) is 17.6. The number of nitrogens with zero attached hydrogens (tertiary/aromatic N) is 3. The third kappa shape index (κ3) is 2.86. The van der Waals surface area contributed by atoms with Gasteiger partial charge in [-0.25, -0.2) is 4.98 Å². The predicted molar refractivity (Wildman–Crippen MR) is 122 cm³/mol. The van der Waals surface area contributed by atoms with E-state index in [1.165, 1.54) is 20.9 Å². The van der Waals surface area contributed by atoms with Gasteiger partial charge in [0.25, 0.3) is 0 Å². The summed E-state index contributed by atoms with van der Waals surface area (Å²) < 4.78 is 0. The van der Waals surface area contributed by atoms with Gasteiger partial charge in [0.05, 0.1) is 22.0 Å². The summed E-state index contributed by atoms with van der Waals surface area (Å²) in [6.45, 7) is 4.03. The minimum absolute atomic E-state index is 0.731. The van der Waals surface area contributed by atoms with E-state index in [2.05, 4.69) is 67.7 Å². The number of rotatable bonds is 3. The van der Waals surface area contributed by atoms with Crippen molar-refractivity contribution in [3.8, 4) is 22.0 Å². The standard InChI is InChI=1S/C23H20N6S/c1-13-2-3-20(30-13)22-16-11-19(27-18(16)6-9-25-22)21-17-10-15(12-26-23(17)29-28-21)14-4-7-24-8-5-14/h2-4,6,9-12,24,27H,5,7-8H2,1H3,(H,26,28,29). The van der Waals surface area contributed by atoms with Gasteiger partial charge in [0.2, 0.25) is 0 Å². The van der Waals surface area contributed by atoms with Crippen LogP contribution in [0, 0.1) is 6.92 Å². The smallest absolute Gasteiger partial charge is 0.181 e. The Morgan fingerprint density at radius 2 is 2.03 bits per heavy atom. The van der Waals surface area contributed by atoms with E-state index in [1.54, 1.807) is 11.3 Å². The van der Waals surface area contributed by atoms with Crippen molar-refractivity contribution < 1.29 is 0 Å². The summed E-state index contributed by atoms with van der Waals surface area (Å²) in [7, 11) is 0. The molecule has 0 aromatic carbocycles. The van der Waals surface area contributed by atoms with E-state index < -0.39 is 0 Å². The van der Waals surface area contributed by atoms with E-state index in [4.69, 9.17) is 0 Å². The fourth-order valence-electron chi connectivity index (χ4n) is 4.11. The molecule has 0 saturated heterocycles. The summed E-state index contributed by atoms with van der Waals surface area (Å²) in [5.41, 5.74) is 7.26. The molecule has 5 aromatic rings. The highest BCUT2D eigenvalue weighted by Crippen LogP contribution is 2.35. The molecular formula is C23H20N6S. The Bertz CT molecular complexity index is 1420. The third-order valence-electron chi connectivity index (χ3n) is 5.64. The Morgan fingerprint density at radius 3 is 2.87 bits per heavy atom. The summed E-state index contributed by atoms with van der Waals surface area (Å²) in [5.74, 6) is 0. The van der Waals surface area contributed by atoms with Crippen LogP contribution in [-0.4, -0.2) is 38.2 Å². The van der Waals surface area contributed by atoms with Crippen molar-refractivity contribution in [2.24, 2.45) is 0 Å². The average molecular weight is 413 g/mol. The maximum Gasteiger partial charge on any atom is 0.181 e. The number of aromatic nitrogens is 5. The number of aryl methyl sites for hydroxylation is 1. The Kier molecular flexibility index (Phi) is 4.04. The molecule has 5 aromatic heterocycles. The molecule has 0 radical (unpaired) electrons. The molecule has 0 aliphatic carbocycles. The van der Waals surface area contributed by atoms with Gasteiger partial charge in [-0.05, 0) is 61.4 Å². The van der Waals surface area contributed by atoms with Crippen LogP contribution in [-0.2, 0) is 0 Å². The molecule has 0 unspecified atom stereocenters. The third-order valence-corrected chi connectivity index (χ3v) is 6.64. The molecule has 0 atom stereocenters. The fraction of sp³-hybridized carbons (Fsp3) is 0.174. The summed E-state index contributed by atoms with van der Waals surface area (Å²) in [5, 5.41) is 13.1. The Hall–Kier alpha value is -3.29. The van der Waals surface area contributed by atoms with Crippen molar-refractivity contribution in [2.75, 3.05) is 13.1 Å². The lowest BCUT2D eigenvalue weighted by Gasteiger charge is -2.13. The molecule has 0 bridgehead atoms. The molecule has 148 valence electrons. The second-order valence-electron chi connectivity index (χ2n) is 7.59. The van der Waals surface area contributed by atoms with Crippen molar-refractivity contribution in [1.29, 1.82) is 0 Å². The van der Waals surface area contributed by atoms with Crippen LogP contribution in [0.3, 0.4) is 0 Å². The SMILES string of the molecule is Cc1ccc(-c2nccc3[nH]c(-c4[nH]nc5ncc(C6=CCNCC6)cc45)cc23)s1. The van der Waals surface area contributed by atoms with Gasteiger partial charge in [0, 0.05) is 40.1 Å². The number of H-pyrrole nitrogens is 2. The molecule has 0 saturated carbocycles. The molecule has 0 fully saturated rings. The summed E-state index contributed by atoms with van der Waals surface area (Å²) in [6.07, 6.45) is 7.05. The number of hydrogen-bond acceptors (Lipinski definition) is 5. The highest BCUT2D eigenvalue weighted by atomic mass is 32.1. The Labute approximate surface area is 177 Å². The molecule has 6 rings (SSSR count). The summed E-state index contributed by atoms with van der Waals surface area (Å²) in [6, 6.07) is 10.7. The van der Waals surface area contributed by atoms with Crippen molar-refractivity contribution in [3.05, 3.63) is 59.2 Å². The van der Waals surface area contributed by atoms with E-state index >= 15 is 0 Å². The number of pyridine rings is 2. The number of thiophene rings is 1. The van der Waals surface area contributed by atoms with Gasteiger partial charge in [-0.1, -0.05) is 6.08 Å². The quantitative estimate of drug-likeness (QED) is 0.393. The van der Waals surface area contributed by atoms with E-state index in [1.807, 2.05) is 18.5 Å². The number of aromatic amines is 2. The maximum absolute atomic E-state index is 4.66. The van der Waals surface area contributed by atoms with Crippen molar-refractivity contribution in [2.45, 2.75) is 13.3 Å². The predicted octanol–water partition coefficient (Wildman–Crippen LogP) is 4.91. The van der Waals surface area contributed by atoms with Crippen LogP contribution in [0.4, 0.5) is 0 Å². The van der Waals surface area contributed by atoms with Crippen LogP contribution in [0.1, 0.15) is 16.9 Å². The van der Waals surface area contributed by atoms with E-state index in [0.29, 0.717) is 0 Å². The van der Waals surface area contributed by atoms with Gasteiger partial charge in [0.15, 0.2) is 5.65 Å². The molecule has 1 aliphatic rings. The van der Waals surface area contributed by atoms with Crippen molar-refractivity contribution in [3.63, 3.8) is 0 Å². The first-order valence-corrected chi connectivity index (χ1v) is 10.9. The van der Waals surface area contributed by atoms with Gasteiger partial charge in [-0.3, -0.25) is 10.1 Å². The van der Waals surface area contributed by atoms with Gasteiger partial charge >= 0.3 is 0 Å². The molecule has 6 heterocycles. The van der Waals surface area contributed by atoms with Gasteiger partial charge in [0.1, 0.15) is 0 Å². The van der Waals surface area contributed by atoms with E-state index in [9.17, 15) is 0 Å². The van der Waals surface area contributed by atoms with Crippen LogP contribution in [0.25, 0.3) is 49.5 Å². The average Bonchev–Trinajstić information content (AvgIpc) is 3.51. The number of nitrogens with one attached hydrogen (secondary N) is 3. The maximum atomic E-state index is 4.66. The van der Waals surface area contributed by atoms with Gasteiger partial charge < -0.3 is 10.3 Å². The first-order chi connectivity index (χ1) is 14.8. The second kappa shape index (κ2) is 6.90. The largest absolute Gasteiger partial charge is 0.353 e. The fourth-order valence-corrected chi connectivity index (χ4v) is 4.99. The highest BCUT2D eigenvalue weighted by molar-refractivity contribution is 7.15. The van der Waals surface area contributed by atoms with E-state index in [0.717, 1.165) is 58.5 Å². The second-order valence-corrected chi connectivity index (χ2v) is 8.88. The summed E-state index contributed by atoms with van der Waals surface area (Å²) >= 11 is 1.76. The lowest BCUT2D eigenvalue weighted by Crippen LogP contribution is -2.20. The molecule has 3 N–H and O–H groups in total. The number of fused-ring (bicyclic) bond motifs is 2. The minimum atomic E-state index is 0.731. The summed E-state index contributed by atoms with van der Waals surface area (Å²) in [4.78, 5) is 15.3. The van der Waals surface area contributed by atoms with Crippen molar-refractivity contribution >= 4 is 38.8 Å². The lowest BCUT2D eigenvalue weighted by molar-refractivity contribution is 0.738. The minimum Gasteiger partial charge on any atom is -0.353 e. The zero-order valence-corrected chi connectivity index (χ0v) is 17.3. The molecule has 6 nitrogen and oxygen atoms in total.